The van der Waals surface area contributed by atoms with Crippen LogP contribution in [0.15, 0.2) is 72.8 Å². The molecule has 8 rings (SSSR count). The summed E-state index contributed by atoms with van der Waals surface area (Å²) in [5.74, 6) is -1.87. The van der Waals surface area contributed by atoms with Crippen LogP contribution in [-0.4, -0.2) is 29.4 Å². The molecular weight excluding hydrogens is 480 g/mol. The van der Waals surface area contributed by atoms with Crippen LogP contribution < -0.4 is 9.80 Å². The van der Waals surface area contributed by atoms with Crippen molar-refractivity contribution >= 4 is 40.8 Å². The summed E-state index contributed by atoms with van der Waals surface area (Å²) in [5, 5.41) is 0. The van der Waals surface area contributed by atoms with Gasteiger partial charge in [-0.15, -0.1) is 0 Å². The van der Waals surface area contributed by atoms with Gasteiger partial charge < -0.3 is 0 Å². The zero-order chi connectivity index (χ0) is 25.9. The van der Waals surface area contributed by atoms with Crippen LogP contribution in [0.2, 0.25) is 0 Å². The Morgan fingerprint density at radius 2 is 0.895 bits per heavy atom. The molecule has 2 aromatic rings. The Labute approximate surface area is 218 Å². The smallest absolute Gasteiger partial charge is 0.238 e. The summed E-state index contributed by atoms with van der Waals surface area (Å²) in [7, 11) is 0. The maximum atomic E-state index is 13.5. The van der Waals surface area contributed by atoms with Crippen LogP contribution in [0.3, 0.4) is 0 Å². The maximum Gasteiger partial charge on any atom is 0.238 e. The van der Waals surface area contributed by atoms with E-state index in [1.165, 1.54) is 9.80 Å². The van der Waals surface area contributed by atoms with Crippen LogP contribution >= 0.6 is 0 Å². The number of carbonyl (C=O) groups is 5. The molecule has 6 aliphatic rings. The Hall–Kier alpha value is -4.13. The molecule has 4 fully saturated rings. The number of ketones is 1. The number of fused-ring (bicyclic) bond motifs is 10. The molecule has 0 aromatic heterocycles. The summed E-state index contributed by atoms with van der Waals surface area (Å²) in [6.45, 7) is 0. The molecule has 0 unspecified atom stereocenters. The number of benzene rings is 2. The van der Waals surface area contributed by atoms with E-state index in [-0.39, 0.29) is 76.8 Å². The van der Waals surface area contributed by atoms with Crippen LogP contribution in [0.1, 0.15) is 28.8 Å². The second kappa shape index (κ2) is 7.47. The molecule has 8 atom stereocenters. The molecule has 4 bridgehead atoms. The molecule has 7 nitrogen and oxygen atoms in total. The number of anilines is 2. The second-order valence-corrected chi connectivity index (χ2v) is 11.5. The quantitative estimate of drug-likeness (QED) is 0.361. The number of allylic oxidation sites excluding steroid dienone is 4. The third-order valence-corrected chi connectivity index (χ3v) is 9.67. The van der Waals surface area contributed by atoms with Gasteiger partial charge in [0.25, 0.3) is 0 Å². The first-order chi connectivity index (χ1) is 18.4. The van der Waals surface area contributed by atoms with E-state index < -0.39 is 0 Å². The van der Waals surface area contributed by atoms with Crippen molar-refractivity contribution in [3.05, 3.63) is 84.0 Å². The fourth-order valence-corrected chi connectivity index (χ4v) is 8.05. The normalized spacial score (nSPS) is 35.7. The molecule has 2 aromatic carbocycles. The van der Waals surface area contributed by atoms with E-state index in [0.29, 0.717) is 22.5 Å². The van der Waals surface area contributed by atoms with Crippen LogP contribution in [0, 0.1) is 47.3 Å². The summed E-state index contributed by atoms with van der Waals surface area (Å²) in [4.78, 5) is 69.0. The van der Waals surface area contributed by atoms with Gasteiger partial charge in [-0.25, -0.2) is 9.80 Å². The highest BCUT2D eigenvalue weighted by molar-refractivity contribution is 6.24. The lowest BCUT2D eigenvalue weighted by atomic mass is 9.85. The van der Waals surface area contributed by atoms with Gasteiger partial charge in [0, 0.05) is 11.1 Å². The zero-order valence-corrected chi connectivity index (χ0v) is 20.4. The fraction of sp³-hybridized carbons (Fsp3) is 0.323. The van der Waals surface area contributed by atoms with Gasteiger partial charge in [0.1, 0.15) is 0 Å². The van der Waals surface area contributed by atoms with E-state index in [1.807, 2.05) is 0 Å². The van der Waals surface area contributed by atoms with Crippen LogP contribution in [0.25, 0.3) is 0 Å². The number of hydrogen-bond acceptors (Lipinski definition) is 5. The number of carbonyl (C=O) groups excluding carboxylic acids is 5. The first kappa shape index (κ1) is 21.9. The van der Waals surface area contributed by atoms with Gasteiger partial charge in [0.05, 0.1) is 35.0 Å². The topological polar surface area (TPSA) is 91.8 Å². The molecule has 188 valence electrons. The highest BCUT2D eigenvalue weighted by atomic mass is 16.2. The number of nitrogens with zero attached hydrogens (tertiary/aromatic N) is 2. The summed E-state index contributed by atoms with van der Waals surface area (Å²) in [6.07, 6.45) is 9.93. The molecule has 0 spiro atoms. The molecule has 2 saturated carbocycles. The van der Waals surface area contributed by atoms with Crippen LogP contribution in [0.5, 0.6) is 0 Å². The predicted molar refractivity (Wildman–Crippen MR) is 137 cm³/mol. The Morgan fingerprint density at radius 1 is 0.553 bits per heavy atom. The minimum Gasteiger partial charge on any atom is -0.289 e. The number of amides is 4. The van der Waals surface area contributed by atoms with E-state index >= 15 is 0 Å². The molecule has 2 aliphatic heterocycles. The second-order valence-electron chi connectivity index (χ2n) is 11.5. The highest BCUT2D eigenvalue weighted by Crippen LogP contribution is 2.54. The fourth-order valence-electron chi connectivity index (χ4n) is 8.05. The van der Waals surface area contributed by atoms with Gasteiger partial charge in [-0.2, -0.15) is 0 Å². The Morgan fingerprint density at radius 3 is 1.24 bits per heavy atom. The number of imide groups is 2. The summed E-state index contributed by atoms with van der Waals surface area (Å²) in [6, 6.07) is 13.2. The minimum atomic E-state index is -0.311. The molecule has 2 saturated heterocycles. The van der Waals surface area contributed by atoms with E-state index in [2.05, 4.69) is 24.3 Å². The van der Waals surface area contributed by atoms with Crippen molar-refractivity contribution in [2.45, 2.75) is 12.8 Å². The van der Waals surface area contributed by atoms with Crippen molar-refractivity contribution in [3.63, 3.8) is 0 Å². The summed E-state index contributed by atoms with van der Waals surface area (Å²) in [5.41, 5.74) is 1.46. The lowest BCUT2D eigenvalue weighted by molar-refractivity contribution is -0.124. The Bertz CT molecular complexity index is 1380. The lowest BCUT2D eigenvalue weighted by Crippen LogP contribution is -2.33. The molecule has 4 amide bonds. The van der Waals surface area contributed by atoms with Crippen LogP contribution in [-0.2, 0) is 19.2 Å². The van der Waals surface area contributed by atoms with Crippen molar-refractivity contribution in [2.75, 3.05) is 9.80 Å². The average molecular weight is 505 g/mol. The first-order valence-corrected chi connectivity index (χ1v) is 13.3. The van der Waals surface area contributed by atoms with Gasteiger partial charge in [-0.05, 0) is 60.8 Å². The third kappa shape index (κ3) is 2.71. The first-order valence-electron chi connectivity index (χ1n) is 13.3. The lowest BCUT2D eigenvalue weighted by Gasteiger charge is -2.19. The van der Waals surface area contributed by atoms with E-state index in [4.69, 9.17) is 0 Å². The van der Waals surface area contributed by atoms with Crippen molar-refractivity contribution in [1.82, 2.24) is 0 Å². The van der Waals surface area contributed by atoms with Gasteiger partial charge in [-0.1, -0.05) is 48.6 Å². The Balaban J connectivity index is 1.08. The molecule has 0 N–H and O–H groups in total. The highest BCUT2D eigenvalue weighted by Gasteiger charge is 2.60. The third-order valence-electron chi connectivity index (χ3n) is 9.67. The number of rotatable bonds is 4. The van der Waals surface area contributed by atoms with Gasteiger partial charge in [0.15, 0.2) is 5.78 Å². The van der Waals surface area contributed by atoms with Crippen molar-refractivity contribution in [1.29, 1.82) is 0 Å². The van der Waals surface area contributed by atoms with Gasteiger partial charge >= 0.3 is 0 Å². The summed E-state index contributed by atoms with van der Waals surface area (Å²) < 4.78 is 0. The SMILES string of the molecule is O=C(c1cccc(N2C(=O)[C@H]3[C@H](C2=O)[C@H]2C=C[C@H]3C2)c1)c1cccc(N2C(=O)[C@H]3[C@H](C2=O)[C@H]2C=C[C@H]3C2)c1. The average Bonchev–Trinajstić information content (AvgIpc) is 3.77. The van der Waals surface area contributed by atoms with Crippen LogP contribution in [0.4, 0.5) is 11.4 Å². The van der Waals surface area contributed by atoms with Crippen molar-refractivity contribution in [3.8, 4) is 0 Å². The van der Waals surface area contributed by atoms with Crippen molar-refractivity contribution < 1.29 is 24.0 Å². The largest absolute Gasteiger partial charge is 0.289 e. The van der Waals surface area contributed by atoms with Crippen molar-refractivity contribution in [2.24, 2.45) is 47.3 Å². The summed E-state index contributed by atoms with van der Waals surface area (Å²) >= 11 is 0. The molecular formula is C31H24N2O5. The van der Waals surface area contributed by atoms with E-state index in [9.17, 15) is 24.0 Å². The molecule has 2 heterocycles. The molecule has 0 radical (unpaired) electrons. The minimum absolute atomic E-state index is 0.112. The zero-order valence-electron chi connectivity index (χ0n) is 20.4. The Kier molecular flexibility index (Phi) is 4.30. The standard InChI is InChI=1S/C31H24N2O5/c34-27(19-3-1-5-21(13-19)32-28(35)23-15-7-8-16(11-15)24(23)29(32)36)20-4-2-6-22(14-20)33-30(37)25-17-9-10-18(12-17)26(25)31(33)38/h1-10,13-18,23-26H,11-12H2/t15-,16-,17-,18-,23+,24+,25+,26+/m0/s1. The molecule has 7 heteroatoms. The molecule has 38 heavy (non-hydrogen) atoms. The van der Waals surface area contributed by atoms with Gasteiger partial charge in [-0.3, -0.25) is 24.0 Å². The number of hydrogen-bond donors (Lipinski definition) is 0. The van der Waals surface area contributed by atoms with E-state index in [0.717, 1.165) is 12.8 Å². The van der Waals surface area contributed by atoms with Gasteiger partial charge in [0.2, 0.25) is 23.6 Å². The predicted octanol–water partition coefficient (Wildman–Crippen LogP) is 3.54. The monoisotopic (exact) mass is 504 g/mol. The molecule has 4 aliphatic carbocycles. The maximum absolute atomic E-state index is 13.5. The van der Waals surface area contributed by atoms with E-state index in [1.54, 1.807) is 48.5 Å².